The number of anilines is 1. The molecule has 1 N–H and O–H groups in total. The lowest BCUT2D eigenvalue weighted by Gasteiger charge is -2.28. The summed E-state index contributed by atoms with van der Waals surface area (Å²) >= 11 is 12.3. The van der Waals surface area contributed by atoms with E-state index in [4.69, 9.17) is 28.6 Å². The van der Waals surface area contributed by atoms with Crippen LogP contribution < -0.4 is 15.0 Å². The lowest BCUT2D eigenvalue weighted by atomic mass is 9.96. The fourth-order valence-corrected chi connectivity index (χ4v) is 5.35. The molecule has 0 spiro atoms. The van der Waals surface area contributed by atoms with Crippen molar-refractivity contribution in [2.45, 2.75) is 44.8 Å². The van der Waals surface area contributed by atoms with Crippen molar-refractivity contribution in [3.63, 3.8) is 0 Å². The van der Waals surface area contributed by atoms with E-state index in [9.17, 15) is 0 Å². The number of halogens is 1. The van der Waals surface area contributed by atoms with Crippen LogP contribution >= 0.6 is 23.8 Å². The zero-order valence-electron chi connectivity index (χ0n) is 17.8. The van der Waals surface area contributed by atoms with Gasteiger partial charge < -0.3 is 19.5 Å². The van der Waals surface area contributed by atoms with Gasteiger partial charge in [-0.2, -0.15) is 0 Å². The lowest BCUT2D eigenvalue weighted by Crippen LogP contribution is -2.29. The van der Waals surface area contributed by atoms with Crippen molar-refractivity contribution in [3.05, 3.63) is 76.3 Å². The van der Waals surface area contributed by atoms with Gasteiger partial charge in [-0.1, -0.05) is 17.7 Å². The summed E-state index contributed by atoms with van der Waals surface area (Å²) in [6.45, 7) is 4.41. The largest absolute Gasteiger partial charge is 0.495 e. The normalized spacial score (nSPS) is 20.8. The van der Waals surface area contributed by atoms with Gasteiger partial charge in [-0.15, -0.1) is 0 Å². The first-order valence-electron chi connectivity index (χ1n) is 10.5. The van der Waals surface area contributed by atoms with E-state index in [0.717, 1.165) is 11.4 Å². The van der Waals surface area contributed by atoms with Crippen molar-refractivity contribution < 1.29 is 4.74 Å². The molecule has 5 nitrogen and oxygen atoms in total. The van der Waals surface area contributed by atoms with E-state index in [2.05, 4.69) is 45.7 Å². The Morgan fingerprint density at radius 3 is 2.61 bits per heavy atom. The standard InChI is InChI=1S/C24H25ClN4OS/c1-14-12-18(15(2)28(14)16-7-8-16)23-22(20-6-4-5-11-26-20)27-24(31)29(23)17-9-10-21(30-3)19(25)13-17/h4-6,9-13,16,22-23H,7-8H2,1-3H3,(H,27,31)/t22-,23-/m0/s1. The summed E-state index contributed by atoms with van der Waals surface area (Å²) in [7, 11) is 1.62. The summed E-state index contributed by atoms with van der Waals surface area (Å²) in [6.07, 6.45) is 4.33. The lowest BCUT2D eigenvalue weighted by molar-refractivity contribution is 0.415. The van der Waals surface area contributed by atoms with E-state index < -0.39 is 0 Å². The smallest absolute Gasteiger partial charge is 0.174 e. The molecule has 7 heteroatoms. The molecule has 1 aliphatic carbocycles. The SMILES string of the molecule is COc1ccc(N2C(=S)N[C@@H](c3ccccn3)[C@@H]2c2cc(C)n(C3CC3)c2C)cc1Cl. The number of methoxy groups -OCH3 is 1. The van der Waals surface area contributed by atoms with Gasteiger partial charge in [0, 0.05) is 29.3 Å². The van der Waals surface area contributed by atoms with Crippen LogP contribution in [-0.4, -0.2) is 21.8 Å². The minimum atomic E-state index is -0.0669. The van der Waals surface area contributed by atoms with Crippen molar-refractivity contribution in [2.75, 3.05) is 12.0 Å². The van der Waals surface area contributed by atoms with E-state index in [-0.39, 0.29) is 12.1 Å². The van der Waals surface area contributed by atoms with E-state index >= 15 is 0 Å². The maximum Gasteiger partial charge on any atom is 0.174 e. The molecule has 1 aliphatic heterocycles. The highest BCUT2D eigenvalue weighted by Gasteiger charge is 2.43. The molecule has 0 amide bonds. The van der Waals surface area contributed by atoms with Gasteiger partial charge >= 0.3 is 0 Å². The Labute approximate surface area is 193 Å². The first kappa shape index (κ1) is 20.3. The monoisotopic (exact) mass is 452 g/mol. The number of nitrogens with zero attached hydrogens (tertiary/aromatic N) is 3. The van der Waals surface area contributed by atoms with Crippen LogP contribution in [-0.2, 0) is 0 Å². The fourth-order valence-electron chi connectivity index (χ4n) is 4.75. The number of benzene rings is 1. The number of nitrogens with one attached hydrogen (secondary N) is 1. The Balaban J connectivity index is 1.65. The molecule has 2 aliphatic rings. The van der Waals surface area contributed by atoms with E-state index in [1.54, 1.807) is 7.11 Å². The average Bonchev–Trinajstić information content (AvgIpc) is 3.47. The molecule has 0 bridgehead atoms. The Hall–Kier alpha value is -2.57. The van der Waals surface area contributed by atoms with Crippen molar-refractivity contribution in [1.82, 2.24) is 14.9 Å². The van der Waals surface area contributed by atoms with Crippen LogP contribution in [0.15, 0.2) is 48.7 Å². The maximum absolute atomic E-state index is 6.48. The fraction of sp³-hybridized carbons (Fsp3) is 0.333. The number of aryl methyl sites for hydroxylation is 1. The first-order valence-corrected chi connectivity index (χ1v) is 11.3. The van der Waals surface area contributed by atoms with Crippen LogP contribution in [0.5, 0.6) is 5.75 Å². The summed E-state index contributed by atoms with van der Waals surface area (Å²) in [5.74, 6) is 0.647. The Morgan fingerprint density at radius 1 is 1.16 bits per heavy atom. The third-order valence-electron chi connectivity index (χ3n) is 6.27. The molecule has 2 atom stereocenters. The van der Waals surface area contributed by atoms with Gasteiger partial charge in [0.05, 0.1) is 29.9 Å². The number of hydrogen-bond donors (Lipinski definition) is 1. The van der Waals surface area contributed by atoms with Crippen LogP contribution in [0.3, 0.4) is 0 Å². The quantitative estimate of drug-likeness (QED) is 0.505. The molecule has 2 aromatic heterocycles. The molecular formula is C24H25ClN4OS. The van der Waals surface area contributed by atoms with Crippen LogP contribution in [0.25, 0.3) is 0 Å². The third-order valence-corrected chi connectivity index (χ3v) is 6.88. The number of hydrogen-bond acceptors (Lipinski definition) is 3. The van der Waals surface area contributed by atoms with Gasteiger partial charge in [0.15, 0.2) is 5.11 Å². The highest BCUT2D eigenvalue weighted by atomic mass is 35.5. The zero-order chi connectivity index (χ0) is 21.7. The highest BCUT2D eigenvalue weighted by molar-refractivity contribution is 7.80. The van der Waals surface area contributed by atoms with Crippen molar-refractivity contribution in [1.29, 1.82) is 0 Å². The topological polar surface area (TPSA) is 42.3 Å². The van der Waals surface area contributed by atoms with E-state index in [1.165, 1.54) is 29.8 Å². The molecule has 31 heavy (non-hydrogen) atoms. The molecular weight excluding hydrogens is 428 g/mol. The van der Waals surface area contributed by atoms with Gasteiger partial charge in [0.2, 0.25) is 0 Å². The predicted octanol–water partition coefficient (Wildman–Crippen LogP) is 5.67. The Kier molecular flexibility index (Phi) is 5.15. The summed E-state index contributed by atoms with van der Waals surface area (Å²) < 4.78 is 7.83. The summed E-state index contributed by atoms with van der Waals surface area (Å²) in [4.78, 5) is 6.81. The molecule has 3 aromatic rings. The van der Waals surface area contributed by atoms with Gasteiger partial charge in [-0.25, -0.2) is 0 Å². The first-order chi connectivity index (χ1) is 15.0. The molecule has 1 aromatic carbocycles. The maximum atomic E-state index is 6.48. The average molecular weight is 453 g/mol. The number of ether oxygens (including phenoxy) is 1. The summed E-state index contributed by atoms with van der Waals surface area (Å²) in [5, 5.41) is 4.75. The minimum absolute atomic E-state index is 0.0365. The molecule has 1 saturated carbocycles. The number of aromatic nitrogens is 2. The van der Waals surface area contributed by atoms with Crippen molar-refractivity contribution >= 4 is 34.6 Å². The predicted molar refractivity (Wildman–Crippen MR) is 128 cm³/mol. The van der Waals surface area contributed by atoms with Gasteiger partial charge in [-0.05, 0) is 80.9 Å². The van der Waals surface area contributed by atoms with E-state index in [1.807, 2.05) is 36.5 Å². The number of rotatable bonds is 5. The zero-order valence-corrected chi connectivity index (χ0v) is 19.4. The Bertz CT molecular complexity index is 1140. The molecule has 3 heterocycles. The molecule has 160 valence electrons. The second-order valence-electron chi connectivity index (χ2n) is 8.24. The van der Waals surface area contributed by atoms with Crippen LogP contribution in [0, 0.1) is 13.8 Å². The van der Waals surface area contributed by atoms with Crippen molar-refractivity contribution in [2.24, 2.45) is 0 Å². The van der Waals surface area contributed by atoms with E-state index in [0.29, 0.717) is 21.9 Å². The molecule has 0 unspecified atom stereocenters. The van der Waals surface area contributed by atoms with Gasteiger partial charge in [0.1, 0.15) is 5.75 Å². The molecule has 0 radical (unpaired) electrons. The number of thiocarbonyl (C=S) groups is 1. The second-order valence-corrected chi connectivity index (χ2v) is 9.04. The second kappa shape index (κ2) is 7.84. The number of pyridine rings is 1. The third kappa shape index (κ3) is 3.48. The van der Waals surface area contributed by atoms with Gasteiger partial charge in [0.25, 0.3) is 0 Å². The Morgan fingerprint density at radius 2 is 1.97 bits per heavy atom. The molecule has 1 saturated heterocycles. The summed E-state index contributed by atoms with van der Waals surface area (Å²) in [5.41, 5.74) is 5.75. The van der Waals surface area contributed by atoms with Gasteiger partial charge in [-0.3, -0.25) is 4.98 Å². The van der Waals surface area contributed by atoms with Crippen molar-refractivity contribution in [3.8, 4) is 5.75 Å². The minimum Gasteiger partial charge on any atom is -0.495 e. The van der Waals surface area contributed by atoms with Crippen LogP contribution in [0.2, 0.25) is 5.02 Å². The molecule has 5 rings (SSSR count). The summed E-state index contributed by atoms with van der Waals surface area (Å²) in [6, 6.07) is 14.6. The molecule has 2 fully saturated rings. The highest BCUT2D eigenvalue weighted by Crippen LogP contribution is 2.46. The van der Waals surface area contributed by atoms with Crippen LogP contribution in [0.1, 0.15) is 53.6 Å². The van der Waals surface area contributed by atoms with Crippen LogP contribution in [0.4, 0.5) is 5.69 Å².